The predicted molar refractivity (Wildman–Crippen MR) is 43.6 cm³/mol. The number of rotatable bonds is 2. The van der Waals surface area contributed by atoms with Crippen LogP contribution < -0.4 is 0 Å². The first kappa shape index (κ1) is 9.96. The number of β-amino-alcohol motifs (C(OH)–C–C–N with tert-alkyl or cyclic N) is 1. The highest BCUT2D eigenvalue weighted by Crippen LogP contribution is 2.17. The van der Waals surface area contributed by atoms with Crippen LogP contribution in [0.2, 0.25) is 0 Å². The minimum absolute atomic E-state index is 0.150. The Morgan fingerprint density at radius 3 is 3.08 bits per heavy atom. The highest BCUT2D eigenvalue weighted by molar-refractivity contribution is 5.76. The van der Waals surface area contributed by atoms with Crippen LogP contribution in [0.1, 0.15) is 6.42 Å². The number of carbonyl (C=O) groups is 1. The van der Waals surface area contributed by atoms with Crippen LogP contribution in [-0.4, -0.2) is 48.3 Å². The average Bonchev–Trinajstić information content (AvgIpc) is 2.46. The number of esters is 1. The van der Waals surface area contributed by atoms with Crippen molar-refractivity contribution in [1.82, 2.24) is 4.90 Å². The van der Waals surface area contributed by atoms with Gasteiger partial charge in [-0.05, 0) is 0 Å². The number of aliphatic hydroxyl groups excluding tert-OH is 1. The van der Waals surface area contributed by atoms with Gasteiger partial charge in [0, 0.05) is 13.0 Å². The summed E-state index contributed by atoms with van der Waals surface area (Å²) in [6.07, 6.45) is -0.175. The Balaban J connectivity index is 2.61. The Labute approximate surface area is 76.5 Å². The molecule has 1 aliphatic rings. The number of hydrogen-bond acceptors (Lipinski definition) is 5. The van der Waals surface area contributed by atoms with Crippen LogP contribution in [0.15, 0.2) is 0 Å². The molecule has 1 N–H and O–H groups in total. The molecule has 72 valence electrons. The van der Waals surface area contributed by atoms with E-state index in [1.54, 1.807) is 4.90 Å². The third-order valence-corrected chi connectivity index (χ3v) is 2.13. The van der Waals surface area contributed by atoms with Gasteiger partial charge < -0.3 is 9.84 Å². The van der Waals surface area contributed by atoms with E-state index < -0.39 is 12.1 Å². The van der Waals surface area contributed by atoms with E-state index in [2.05, 4.69) is 4.74 Å². The second kappa shape index (κ2) is 4.21. The van der Waals surface area contributed by atoms with Crippen molar-refractivity contribution in [2.75, 3.05) is 20.2 Å². The summed E-state index contributed by atoms with van der Waals surface area (Å²) in [6.45, 7) is 0.518. The normalized spacial score (nSPS) is 28.4. The number of ether oxygens (including phenoxy) is 1. The van der Waals surface area contributed by atoms with Crippen molar-refractivity contribution in [2.45, 2.75) is 18.6 Å². The Morgan fingerprint density at radius 2 is 2.54 bits per heavy atom. The molecule has 1 unspecified atom stereocenters. The molecule has 1 fully saturated rings. The summed E-state index contributed by atoms with van der Waals surface area (Å²) in [5.41, 5.74) is 0. The van der Waals surface area contributed by atoms with Crippen LogP contribution in [0.4, 0.5) is 0 Å². The van der Waals surface area contributed by atoms with Crippen molar-refractivity contribution in [3.63, 3.8) is 0 Å². The van der Waals surface area contributed by atoms with E-state index in [1.165, 1.54) is 7.11 Å². The Bertz CT molecular complexity index is 236. The van der Waals surface area contributed by atoms with Crippen LogP contribution in [0, 0.1) is 11.3 Å². The van der Waals surface area contributed by atoms with E-state index in [0.717, 1.165) is 0 Å². The number of methoxy groups -OCH3 is 1. The molecule has 1 rings (SSSR count). The van der Waals surface area contributed by atoms with Crippen molar-refractivity contribution in [1.29, 1.82) is 5.26 Å². The standard InChI is InChI=1S/C8H12N2O3/c1-13-8(12)7-4-6(11)5-10(7)3-2-9/h6-7,11H,3-5H2,1H3/t6-,7?/m1/s1. The largest absolute Gasteiger partial charge is 0.468 e. The molecule has 1 saturated heterocycles. The van der Waals surface area contributed by atoms with Gasteiger partial charge in [-0.2, -0.15) is 5.26 Å². The lowest BCUT2D eigenvalue weighted by Crippen LogP contribution is -2.37. The molecular weight excluding hydrogens is 172 g/mol. The highest BCUT2D eigenvalue weighted by Gasteiger charge is 2.36. The third-order valence-electron chi connectivity index (χ3n) is 2.13. The molecule has 0 aromatic carbocycles. The topological polar surface area (TPSA) is 73.6 Å². The van der Waals surface area contributed by atoms with E-state index in [0.29, 0.717) is 13.0 Å². The molecule has 5 heteroatoms. The summed E-state index contributed by atoms with van der Waals surface area (Å²) >= 11 is 0. The first-order valence-corrected chi connectivity index (χ1v) is 4.06. The van der Waals surface area contributed by atoms with Crippen LogP contribution in [0.3, 0.4) is 0 Å². The zero-order valence-electron chi connectivity index (χ0n) is 7.43. The average molecular weight is 184 g/mol. The maximum Gasteiger partial charge on any atom is 0.323 e. The van der Waals surface area contributed by atoms with E-state index in [-0.39, 0.29) is 12.5 Å². The lowest BCUT2D eigenvalue weighted by molar-refractivity contribution is -0.145. The zero-order valence-corrected chi connectivity index (χ0v) is 7.43. The smallest absolute Gasteiger partial charge is 0.323 e. The monoisotopic (exact) mass is 184 g/mol. The van der Waals surface area contributed by atoms with Gasteiger partial charge in [0.1, 0.15) is 6.04 Å². The lowest BCUT2D eigenvalue weighted by atomic mass is 10.2. The number of nitriles is 1. The second-order valence-electron chi connectivity index (χ2n) is 3.02. The summed E-state index contributed by atoms with van der Waals surface area (Å²) in [7, 11) is 1.30. The summed E-state index contributed by atoms with van der Waals surface area (Å²) < 4.78 is 4.56. The van der Waals surface area contributed by atoms with Crippen molar-refractivity contribution in [3.05, 3.63) is 0 Å². The van der Waals surface area contributed by atoms with Crippen molar-refractivity contribution >= 4 is 5.97 Å². The van der Waals surface area contributed by atoms with Gasteiger partial charge in [-0.25, -0.2) is 0 Å². The van der Waals surface area contributed by atoms with E-state index >= 15 is 0 Å². The molecule has 1 heterocycles. The molecule has 1 aliphatic heterocycles. The molecule has 0 bridgehead atoms. The number of likely N-dealkylation sites (tertiary alicyclic amines) is 1. The molecule has 0 radical (unpaired) electrons. The number of nitrogens with zero attached hydrogens (tertiary/aromatic N) is 2. The Kier molecular flexibility index (Phi) is 3.23. The van der Waals surface area contributed by atoms with Crippen LogP contribution >= 0.6 is 0 Å². The summed E-state index contributed by atoms with van der Waals surface area (Å²) in [5.74, 6) is -0.383. The quantitative estimate of drug-likeness (QED) is 0.445. The maximum atomic E-state index is 11.2. The zero-order chi connectivity index (χ0) is 9.84. The van der Waals surface area contributed by atoms with E-state index in [1.807, 2.05) is 6.07 Å². The van der Waals surface area contributed by atoms with Crippen LogP contribution in [0.25, 0.3) is 0 Å². The third kappa shape index (κ3) is 2.17. The summed E-state index contributed by atoms with van der Waals surface area (Å²) in [6, 6.07) is 1.49. The van der Waals surface area contributed by atoms with E-state index in [9.17, 15) is 9.90 Å². The second-order valence-corrected chi connectivity index (χ2v) is 3.02. The van der Waals surface area contributed by atoms with Crippen LogP contribution in [0.5, 0.6) is 0 Å². The van der Waals surface area contributed by atoms with Crippen molar-refractivity contribution < 1.29 is 14.6 Å². The fourth-order valence-corrected chi connectivity index (χ4v) is 1.53. The molecule has 13 heavy (non-hydrogen) atoms. The van der Waals surface area contributed by atoms with Gasteiger partial charge in [-0.3, -0.25) is 9.69 Å². The Morgan fingerprint density at radius 1 is 1.85 bits per heavy atom. The SMILES string of the molecule is COC(=O)C1C[C@@H](O)CN1CC#N. The predicted octanol–water partition coefficient (Wildman–Crippen LogP) is -0.882. The molecule has 5 nitrogen and oxygen atoms in total. The van der Waals surface area contributed by atoms with Gasteiger partial charge in [0.2, 0.25) is 0 Å². The van der Waals surface area contributed by atoms with Gasteiger partial charge in [-0.15, -0.1) is 0 Å². The summed E-state index contributed by atoms with van der Waals surface area (Å²) in [4.78, 5) is 12.8. The lowest BCUT2D eigenvalue weighted by Gasteiger charge is -2.17. The fraction of sp³-hybridized carbons (Fsp3) is 0.750. The van der Waals surface area contributed by atoms with Crippen molar-refractivity contribution in [3.8, 4) is 6.07 Å². The number of aliphatic hydroxyl groups is 1. The minimum Gasteiger partial charge on any atom is -0.468 e. The van der Waals surface area contributed by atoms with Gasteiger partial charge in [-0.1, -0.05) is 0 Å². The van der Waals surface area contributed by atoms with Gasteiger partial charge in [0.25, 0.3) is 0 Å². The fourth-order valence-electron chi connectivity index (χ4n) is 1.53. The molecule has 2 atom stereocenters. The molecule has 0 amide bonds. The van der Waals surface area contributed by atoms with E-state index in [4.69, 9.17) is 5.26 Å². The van der Waals surface area contributed by atoms with Crippen molar-refractivity contribution in [2.24, 2.45) is 0 Å². The maximum absolute atomic E-state index is 11.2. The molecule has 0 spiro atoms. The van der Waals surface area contributed by atoms with Gasteiger partial charge in [0.15, 0.2) is 0 Å². The minimum atomic E-state index is -0.530. The Hall–Kier alpha value is -1.12. The molecule has 0 aromatic heterocycles. The van der Waals surface area contributed by atoms with Gasteiger partial charge >= 0.3 is 5.97 Å². The first-order chi connectivity index (χ1) is 6.19. The first-order valence-electron chi connectivity index (χ1n) is 4.06. The molecular formula is C8H12N2O3. The number of carbonyl (C=O) groups excluding carboxylic acids is 1. The highest BCUT2D eigenvalue weighted by atomic mass is 16.5. The van der Waals surface area contributed by atoms with Crippen LogP contribution in [-0.2, 0) is 9.53 Å². The molecule has 0 aliphatic carbocycles. The number of hydrogen-bond donors (Lipinski definition) is 1. The molecule has 0 saturated carbocycles. The summed E-state index contributed by atoms with van der Waals surface area (Å²) in [5, 5.41) is 17.7. The van der Waals surface area contributed by atoms with Gasteiger partial charge in [0.05, 0.1) is 25.8 Å². The molecule has 0 aromatic rings.